The van der Waals surface area contributed by atoms with Gasteiger partial charge in [0.05, 0.1) is 18.8 Å². The van der Waals surface area contributed by atoms with Crippen LogP contribution in [-0.2, 0) is 21.3 Å². The minimum atomic E-state index is -0.000837. The summed E-state index contributed by atoms with van der Waals surface area (Å²) in [5.41, 5.74) is 13.2. The molecule has 0 amide bonds. The SMILES string of the molecule is CC.CC.CC1OC1c1ccc(-c2ccc3c(c2)-c2cc(-c4ccc(CC5CO5)cc4)ccc2C3(C)C)cc1. The molecule has 0 spiro atoms. The maximum absolute atomic E-state index is 5.64. The van der Waals surface area contributed by atoms with Gasteiger partial charge in [-0.2, -0.15) is 0 Å². The van der Waals surface area contributed by atoms with Gasteiger partial charge in [0, 0.05) is 11.8 Å². The highest BCUT2D eigenvalue weighted by Crippen LogP contribution is 2.50. The van der Waals surface area contributed by atoms with Crippen molar-refractivity contribution in [2.24, 2.45) is 0 Å². The van der Waals surface area contributed by atoms with E-state index in [-0.39, 0.29) is 11.5 Å². The van der Waals surface area contributed by atoms with Gasteiger partial charge in [-0.3, -0.25) is 0 Å². The van der Waals surface area contributed by atoms with E-state index in [0.29, 0.717) is 12.2 Å². The van der Waals surface area contributed by atoms with E-state index in [4.69, 9.17) is 9.47 Å². The van der Waals surface area contributed by atoms with E-state index >= 15 is 0 Å². The van der Waals surface area contributed by atoms with Crippen molar-refractivity contribution in [1.29, 1.82) is 0 Å². The Bertz CT molecular complexity index is 1430. The summed E-state index contributed by atoms with van der Waals surface area (Å²) in [5, 5.41) is 0. The first kappa shape index (κ1) is 27.4. The smallest absolute Gasteiger partial charge is 0.109 e. The van der Waals surface area contributed by atoms with E-state index in [1.165, 1.54) is 55.6 Å². The van der Waals surface area contributed by atoms with Crippen LogP contribution in [0.25, 0.3) is 33.4 Å². The van der Waals surface area contributed by atoms with Gasteiger partial charge in [-0.15, -0.1) is 0 Å². The van der Waals surface area contributed by atoms with Crippen LogP contribution in [0.15, 0.2) is 84.9 Å². The van der Waals surface area contributed by atoms with Gasteiger partial charge in [-0.05, 0) is 74.7 Å². The molecule has 0 aromatic heterocycles. The van der Waals surface area contributed by atoms with Crippen LogP contribution in [0.2, 0.25) is 0 Å². The molecule has 2 heterocycles. The van der Waals surface area contributed by atoms with Crippen molar-refractivity contribution in [3.8, 4) is 33.4 Å². The highest BCUT2D eigenvalue weighted by molar-refractivity contribution is 5.87. The van der Waals surface area contributed by atoms with Crippen LogP contribution in [0.5, 0.6) is 0 Å². The Hall–Kier alpha value is -3.20. The second-order valence-electron chi connectivity index (χ2n) is 10.9. The molecule has 4 aromatic carbocycles. The predicted molar refractivity (Wildman–Crippen MR) is 164 cm³/mol. The van der Waals surface area contributed by atoms with Crippen LogP contribution in [0.1, 0.15) is 76.8 Å². The normalized spacial score (nSPS) is 20.9. The first-order valence-electron chi connectivity index (χ1n) is 14.7. The standard InChI is InChI=1S/C33H30O2.2C2H6/c1-20-32(35-20)24-10-8-23(9-11-24)26-13-15-31-29(18-26)28-17-25(12-14-30(28)33(31,2)3)22-6-4-21(5-7-22)16-27-19-34-27;2*1-2/h4-15,17-18,20,27,32H,16,19H2,1-3H3;2*1-2H3. The molecular weight excluding hydrogens is 476 g/mol. The van der Waals surface area contributed by atoms with Crippen LogP contribution in [-0.4, -0.2) is 18.8 Å². The van der Waals surface area contributed by atoms with Crippen molar-refractivity contribution in [1.82, 2.24) is 0 Å². The van der Waals surface area contributed by atoms with E-state index in [9.17, 15) is 0 Å². The van der Waals surface area contributed by atoms with Gasteiger partial charge < -0.3 is 9.47 Å². The third kappa shape index (κ3) is 5.33. The van der Waals surface area contributed by atoms with Crippen LogP contribution in [0.3, 0.4) is 0 Å². The molecule has 0 N–H and O–H groups in total. The second kappa shape index (κ2) is 11.1. The number of benzene rings is 4. The van der Waals surface area contributed by atoms with Gasteiger partial charge in [0.25, 0.3) is 0 Å². The number of rotatable bonds is 5. The molecule has 3 unspecified atom stereocenters. The van der Waals surface area contributed by atoms with Gasteiger partial charge in [-0.25, -0.2) is 0 Å². The second-order valence-corrected chi connectivity index (χ2v) is 10.9. The lowest BCUT2D eigenvalue weighted by Crippen LogP contribution is -2.14. The Labute approximate surface area is 235 Å². The van der Waals surface area contributed by atoms with Gasteiger partial charge in [-0.1, -0.05) is 114 Å². The van der Waals surface area contributed by atoms with Crippen molar-refractivity contribution in [2.75, 3.05) is 6.61 Å². The molecule has 2 heteroatoms. The molecular formula is C37H42O2. The van der Waals surface area contributed by atoms with Gasteiger partial charge >= 0.3 is 0 Å². The summed E-state index contributed by atoms with van der Waals surface area (Å²) in [4.78, 5) is 0. The summed E-state index contributed by atoms with van der Waals surface area (Å²) in [7, 11) is 0. The largest absolute Gasteiger partial charge is 0.373 e. The highest BCUT2D eigenvalue weighted by atomic mass is 16.6. The zero-order valence-electron chi connectivity index (χ0n) is 24.5. The third-order valence-corrected chi connectivity index (χ3v) is 8.11. The molecule has 4 aromatic rings. The minimum Gasteiger partial charge on any atom is -0.373 e. The van der Waals surface area contributed by atoms with E-state index in [1.54, 1.807) is 0 Å². The van der Waals surface area contributed by atoms with Gasteiger partial charge in [0.2, 0.25) is 0 Å². The monoisotopic (exact) mass is 518 g/mol. The van der Waals surface area contributed by atoms with Gasteiger partial charge in [0.1, 0.15) is 6.10 Å². The summed E-state index contributed by atoms with van der Waals surface area (Å²) in [6.45, 7) is 15.7. The van der Waals surface area contributed by atoms with E-state index < -0.39 is 0 Å². The van der Waals surface area contributed by atoms with Crippen LogP contribution in [0, 0.1) is 0 Å². The molecule has 202 valence electrons. The molecule has 0 saturated carbocycles. The number of ether oxygens (including phenoxy) is 2. The Morgan fingerprint density at radius 1 is 0.667 bits per heavy atom. The minimum absolute atomic E-state index is 0.000837. The van der Waals surface area contributed by atoms with Gasteiger partial charge in [0.15, 0.2) is 0 Å². The number of hydrogen-bond donors (Lipinski definition) is 0. The van der Waals surface area contributed by atoms with Crippen molar-refractivity contribution in [3.05, 3.63) is 107 Å². The lowest BCUT2D eigenvalue weighted by Gasteiger charge is -2.21. The Morgan fingerprint density at radius 3 is 1.54 bits per heavy atom. The average Bonchev–Trinajstić information content (AvgIpc) is 3.92. The van der Waals surface area contributed by atoms with Crippen LogP contribution < -0.4 is 0 Å². The molecule has 0 bridgehead atoms. The van der Waals surface area contributed by atoms with E-state index in [1.807, 2.05) is 27.7 Å². The Morgan fingerprint density at radius 2 is 1.10 bits per heavy atom. The molecule has 39 heavy (non-hydrogen) atoms. The molecule has 7 rings (SSSR count). The zero-order chi connectivity index (χ0) is 27.7. The van der Waals surface area contributed by atoms with Crippen molar-refractivity contribution in [3.63, 3.8) is 0 Å². The average molecular weight is 519 g/mol. The Balaban J connectivity index is 0.000000738. The maximum Gasteiger partial charge on any atom is 0.109 e. The molecule has 3 atom stereocenters. The lowest BCUT2D eigenvalue weighted by molar-refractivity contribution is 0.383. The summed E-state index contributed by atoms with van der Waals surface area (Å²) >= 11 is 0. The number of hydrogen-bond acceptors (Lipinski definition) is 2. The first-order valence-corrected chi connectivity index (χ1v) is 14.7. The van der Waals surface area contributed by atoms with Crippen molar-refractivity contribution in [2.45, 2.75) is 78.6 Å². The summed E-state index contributed by atoms with van der Waals surface area (Å²) in [6.07, 6.45) is 2.06. The Kier molecular flexibility index (Phi) is 7.80. The first-order chi connectivity index (χ1) is 19.0. The fourth-order valence-corrected chi connectivity index (χ4v) is 5.81. The summed E-state index contributed by atoms with van der Waals surface area (Å²) < 4.78 is 11.0. The lowest BCUT2D eigenvalue weighted by atomic mass is 9.82. The zero-order valence-corrected chi connectivity index (χ0v) is 24.5. The van der Waals surface area contributed by atoms with Crippen LogP contribution >= 0.6 is 0 Å². The molecule has 3 aliphatic rings. The number of fused-ring (bicyclic) bond motifs is 3. The highest BCUT2D eigenvalue weighted by Gasteiger charge is 2.36. The summed E-state index contributed by atoms with van der Waals surface area (Å²) in [6, 6.07) is 31.9. The quantitative estimate of drug-likeness (QED) is 0.246. The molecule has 2 aliphatic heterocycles. The molecule has 2 saturated heterocycles. The molecule has 0 radical (unpaired) electrons. The van der Waals surface area contributed by atoms with Crippen molar-refractivity contribution < 1.29 is 9.47 Å². The maximum atomic E-state index is 5.64. The fourth-order valence-electron chi connectivity index (χ4n) is 5.81. The summed E-state index contributed by atoms with van der Waals surface area (Å²) in [5.74, 6) is 0. The topological polar surface area (TPSA) is 25.1 Å². The van der Waals surface area contributed by atoms with Crippen molar-refractivity contribution >= 4 is 0 Å². The van der Waals surface area contributed by atoms with E-state index in [2.05, 4.69) is 106 Å². The third-order valence-electron chi connectivity index (χ3n) is 8.11. The molecule has 1 aliphatic carbocycles. The molecule has 2 fully saturated rings. The molecule has 2 nitrogen and oxygen atoms in total. The van der Waals surface area contributed by atoms with Crippen LogP contribution in [0.4, 0.5) is 0 Å². The predicted octanol–water partition coefficient (Wildman–Crippen LogP) is 9.78. The fraction of sp³-hybridized carbons (Fsp3) is 0.351. The number of epoxide rings is 2. The van der Waals surface area contributed by atoms with E-state index in [0.717, 1.165) is 13.0 Å².